The molecule has 418 valence electrons. The summed E-state index contributed by atoms with van der Waals surface area (Å²) in [6, 6.07) is 33.4. The molecule has 0 amide bonds. The minimum atomic E-state index is -1.27. The number of carbonyl (C=O) groups excluding carboxylic acids is 4. The summed E-state index contributed by atoms with van der Waals surface area (Å²) in [5, 5.41) is 24.1. The third kappa shape index (κ3) is 16.0. The topological polar surface area (TPSA) is 320 Å². The van der Waals surface area contributed by atoms with Gasteiger partial charge in [0.15, 0.2) is 24.8 Å². The molecular weight excluding hydrogens is 1040 g/mol. The van der Waals surface area contributed by atoms with Crippen LogP contribution in [-0.4, -0.2) is 143 Å². The first-order chi connectivity index (χ1) is 39.1. The molecule has 26 heteroatoms. The molecule has 26 nitrogen and oxygen atoms in total. The van der Waals surface area contributed by atoms with E-state index in [4.69, 9.17) is 52.9 Å². The van der Waals surface area contributed by atoms with Crippen LogP contribution < -0.4 is 0 Å². The fourth-order valence-corrected chi connectivity index (χ4v) is 8.67. The van der Waals surface area contributed by atoms with E-state index in [1.165, 1.54) is 0 Å². The van der Waals surface area contributed by atoms with Crippen LogP contribution in [0.1, 0.15) is 66.7 Å². The van der Waals surface area contributed by atoms with Crippen molar-refractivity contribution in [2.75, 3.05) is 39.5 Å². The largest absolute Gasteiger partial charge is 0.454 e. The Morgan fingerprint density at radius 1 is 0.500 bits per heavy atom. The first-order valence-corrected chi connectivity index (χ1v) is 25.6. The van der Waals surface area contributed by atoms with Crippen molar-refractivity contribution in [3.63, 3.8) is 0 Å². The fourth-order valence-electron chi connectivity index (χ4n) is 8.67. The maximum atomic E-state index is 13.4. The summed E-state index contributed by atoms with van der Waals surface area (Å²) in [4.78, 5) is 59.2. The maximum absolute atomic E-state index is 13.4. The minimum absolute atomic E-state index is 0.0533. The van der Waals surface area contributed by atoms with Crippen molar-refractivity contribution in [2.45, 2.75) is 89.4 Å². The second-order valence-corrected chi connectivity index (χ2v) is 18.4. The van der Waals surface area contributed by atoms with E-state index in [1.807, 2.05) is 0 Å². The van der Waals surface area contributed by atoms with Crippen molar-refractivity contribution in [2.24, 2.45) is 22.1 Å². The molecule has 6 aromatic rings. The van der Waals surface area contributed by atoms with Gasteiger partial charge >= 0.3 is 23.9 Å². The Bertz CT molecular complexity index is 3040. The quantitative estimate of drug-likeness (QED) is 0.0127. The lowest BCUT2D eigenvalue weighted by Crippen LogP contribution is -2.58. The monoisotopic (exact) mass is 1100 g/mol. The van der Waals surface area contributed by atoms with E-state index >= 15 is 0 Å². The van der Waals surface area contributed by atoms with Gasteiger partial charge in [-0.1, -0.05) is 107 Å². The van der Waals surface area contributed by atoms with Gasteiger partial charge in [0.2, 0.25) is 0 Å². The van der Waals surface area contributed by atoms with Crippen molar-refractivity contribution in [1.29, 1.82) is 0 Å². The zero-order chi connectivity index (χ0) is 56.1. The van der Waals surface area contributed by atoms with Crippen LogP contribution in [0.15, 0.2) is 144 Å². The van der Waals surface area contributed by atoms with E-state index in [0.29, 0.717) is 31.1 Å². The number of benzene rings is 4. The number of esters is 4. The summed E-state index contributed by atoms with van der Waals surface area (Å²) in [6.45, 7) is 4.77. The second kappa shape index (κ2) is 29.4. The molecule has 2 fully saturated rings. The molecule has 0 unspecified atom stereocenters. The van der Waals surface area contributed by atoms with Crippen molar-refractivity contribution >= 4 is 23.9 Å². The van der Waals surface area contributed by atoms with Crippen molar-refractivity contribution in [1.82, 2.24) is 30.0 Å². The Hall–Kier alpha value is -8.58. The maximum Gasteiger partial charge on any atom is 0.338 e. The van der Waals surface area contributed by atoms with Crippen LogP contribution in [0, 0.1) is 11.8 Å². The van der Waals surface area contributed by atoms with Gasteiger partial charge in [-0.15, -0.1) is 10.2 Å². The Morgan fingerprint density at radius 2 is 0.875 bits per heavy atom. The molecule has 2 aliphatic heterocycles. The third-order valence-corrected chi connectivity index (χ3v) is 12.9. The van der Waals surface area contributed by atoms with Crippen LogP contribution in [0.5, 0.6) is 0 Å². The number of ether oxygens (including phenoxy) is 10. The van der Waals surface area contributed by atoms with Gasteiger partial charge in [-0.25, -0.2) is 28.5 Å². The van der Waals surface area contributed by atoms with E-state index in [9.17, 15) is 24.7 Å². The van der Waals surface area contributed by atoms with E-state index in [1.54, 1.807) is 157 Å². The lowest BCUT2D eigenvalue weighted by molar-refractivity contribution is -0.283. The average molecular weight is 1100 g/mol. The van der Waals surface area contributed by atoms with E-state index < -0.39 is 84.9 Å². The fraction of sp³-hybridized carbons (Fsp3) is 0.407. The predicted molar refractivity (Wildman–Crippen MR) is 278 cm³/mol. The summed E-state index contributed by atoms with van der Waals surface area (Å²) >= 11 is 0. The van der Waals surface area contributed by atoms with Crippen LogP contribution in [0.4, 0.5) is 0 Å². The number of carbonyl (C=O) groups is 4. The smallest absolute Gasteiger partial charge is 0.338 e. The Kier molecular flexibility index (Phi) is 21.2. The van der Waals surface area contributed by atoms with Crippen LogP contribution in [-0.2, 0) is 73.7 Å². The number of azide groups is 2. The third-order valence-electron chi connectivity index (χ3n) is 12.9. The van der Waals surface area contributed by atoms with Crippen molar-refractivity contribution < 1.29 is 66.5 Å². The van der Waals surface area contributed by atoms with Crippen LogP contribution in [0.25, 0.3) is 20.9 Å². The summed E-state index contributed by atoms with van der Waals surface area (Å²) in [6.07, 6.45) is -5.29. The van der Waals surface area contributed by atoms with Crippen molar-refractivity contribution in [3.05, 3.63) is 188 Å². The first kappa shape index (κ1) is 57.6. The van der Waals surface area contributed by atoms with Crippen molar-refractivity contribution in [3.8, 4) is 0 Å². The predicted octanol–water partition coefficient (Wildman–Crippen LogP) is 6.88. The van der Waals surface area contributed by atoms with Crippen LogP contribution >= 0.6 is 0 Å². The van der Waals surface area contributed by atoms with Gasteiger partial charge in [0.1, 0.15) is 29.7 Å². The summed E-state index contributed by atoms with van der Waals surface area (Å²) in [7, 11) is 0. The molecule has 4 heterocycles. The molecule has 0 N–H and O–H groups in total. The molecule has 0 aliphatic carbocycles. The van der Waals surface area contributed by atoms with Crippen LogP contribution in [0.2, 0.25) is 0 Å². The summed E-state index contributed by atoms with van der Waals surface area (Å²) in [5.74, 6) is -3.95. The molecular formula is C54H58N12O14. The molecule has 4 aromatic carbocycles. The molecule has 2 aromatic heterocycles. The highest BCUT2D eigenvalue weighted by molar-refractivity contribution is 5.91. The minimum Gasteiger partial charge on any atom is -0.454 e. The number of nitrogens with zero attached hydrogens (tertiary/aromatic N) is 12. The Labute approximate surface area is 458 Å². The highest BCUT2D eigenvalue weighted by atomic mass is 16.7. The van der Waals surface area contributed by atoms with Gasteiger partial charge < -0.3 is 47.4 Å². The lowest BCUT2D eigenvalue weighted by atomic mass is 9.90. The number of hydrogen-bond acceptors (Lipinski definition) is 20. The number of hydrogen-bond donors (Lipinski definition) is 0. The lowest BCUT2D eigenvalue weighted by Gasteiger charge is -2.44. The van der Waals surface area contributed by atoms with Gasteiger partial charge in [0, 0.05) is 21.7 Å². The molecule has 0 saturated carbocycles. The number of aromatic nitrogens is 6. The average Bonchev–Trinajstić information content (AvgIpc) is 4.17. The van der Waals surface area contributed by atoms with Gasteiger partial charge in [0.25, 0.3) is 0 Å². The standard InChI is InChI=1S/C54H58N12O14/c1-35-43(29-57-61-55)75-54(48(80-52(70)40-21-13-6-14-22-40)45(35)77-49(67)37-15-7-3-8-16-37)74-34-42-32-66(64-60-42)24-26-72-28-27-71-25-23-65-31-41(59-63-65)33-73-53-36(2)46(78-50(68)38-17-9-4-10-18-38)47(44(76-53)30-58-62-56)79-51(69)39-19-11-5-12-20-39/h3-22,31-32,35-36,43-48,53-54H,23-30,33-34H2,1-2H3/t35-,36+,43-,44-,45+,46-,47-,48+,53+,54+/m1/s1. The zero-order valence-corrected chi connectivity index (χ0v) is 43.6. The van der Waals surface area contributed by atoms with Gasteiger partial charge in [-0.05, 0) is 59.6 Å². The highest BCUT2D eigenvalue weighted by Crippen LogP contribution is 2.35. The van der Waals surface area contributed by atoms with E-state index in [2.05, 4.69) is 40.7 Å². The molecule has 80 heavy (non-hydrogen) atoms. The molecule has 0 radical (unpaired) electrons. The number of rotatable bonds is 27. The van der Waals surface area contributed by atoms with Gasteiger partial charge in [-0.3, -0.25) is 0 Å². The Balaban J connectivity index is 0.785. The Morgan fingerprint density at radius 3 is 1.31 bits per heavy atom. The molecule has 2 aliphatic rings. The zero-order valence-electron chi connectivity index (χ0n) is 43.6. The second-order valence-electron chi connectivity index (χ2n) is 18.4. The van der Waals surface area contributed by atoms with Crippen LogP contribution in [0.3, 0.4) is 0 Å². The SMILES string of the molecule is C[C@@H]1[C@@H](OCc2cn(CCOCCOCCn3cc(CO[C@H]4O[C@H](CN=[N+]=[N-])[C@@H](C)[C@H](OC(=O)c5ccccc5)[C@@H]4OC(=O)c4ccccc4)nn3)nn2)O[C@H](CN=[N+]=[N-])[C@@H](OC(=O)c2ccccc2)[C@@H]1OC(=O)c1ccccc1. The van der Waals surface area contributed by atoms with Gasteiger partial charge in [-0.2, -0.15) is 0 Å². The molecule has 10 atom stereocenters. The molecule has 2 saturated heterocycles. The first-order valence-electron chi connectivity index (χ1n) is 25.6. The highest BCUT2D eigenvalue weighted by Gasteiger charge is 2.50. The normalized spacial score (nSPS) is 22.4. The summed E-state index contributed by atoms with van der Waals surface area (Å²) in [5.41, 5.74) is 20.3. The van der Waals surface area contributed by atoms with E-state index in [0.717, 1.165) is 0 Å². The molecule has 0 bridgehead atoms. The molecule has 8 rings (SSSR count). The molecule has 0 spiro atoms. The van der Waals surface area contributed by atoms with Gasteiger partial charge in [0.05, 0.1) is 107 Å². The summed E-state index contributed by atoms with van der Waals surface area (Å²) < 4.78 is 63.4. The van der Waals surface area contributed by atoms with E-state index in [-0.39, 0.29) is 68.4 Å².